The first-order chi connectivity index (χ1) is 11.5. The SMILES string of the molecule is COC(=O)[N+]1(C(=O)C2CSC(C)N2C(=O)OC(C)(C)C)CCC[C@H]1C. The van der Waals surface area contributed by atoms with Gasteiger partial charge in [0.05, 0.1) is 19.0 Å². The molecule has 0 aliphatic carbocycles. The summed E-state index contributed by atoms with van der Waals surface area (Å²) >= 11 is 1.52. The number of likely N-dealkylation sites (tertiary alicyclic amines) is 1. The Bertz CT molecular complexity index is 562. The van der Waals surface area contributed by atoms with E-state index in [2.05, 4.69) is 0 Å². The largest absolute Gasteiger partial charge is 0.523 e. The van der Waals surface area contributed by atoms with E-state index in [0.29, 0.717) is 12.3 Å². The molecule has 0 radical (unpaired) electrons. The van der Waals surface area contributed by atoms with Crippen molar-refractivity contribution in [2.24, 2.45) is 0 Å². The number of nitrogens with zero attached hydrogens (tertiary/aromatic N) is 2. The van der Waals surface area contributed by atoms with E-state index in [1.54, 1.807) is 20.8 Å². The zero-order valence-corrected chi connectivity index (χ0v) is 16.7. The molecule has 3 amide bonds. The van der Waals surface area contributed by atoms with Gasteiger partial charge in [-0.2, -0.15) is 9.28 Å². The lowest BCUT2D eigenvalue weighted by atomic mass is 10.1. The van der Waals surface area contributed by atoms with Crippen LogP contribution < -0.4 is 0 Å². The van der Waals surface area contributed by atoms with Crippen LogP contribution in [0.2, 0.25) is 0 Å². The second-order valence-corrected chi connectivity index (χ2v) is 9.08. The average Bonchev–Trinajstić information content (AvgIpc) is 3.08. The summed E-state index contributed by atoms with van der Waals surface area (Å²) in [7, 11) is 1.30. The zero-order valence-electron chi connectivity index (χ0n) is 15.9. The lowest BCUT2D eigenvalue weighted by Gasteiger charge is -2.36. The molecule has 0 aromatic carbocycles. The van der Waals surface area contributed by atoms with Crippen molar-refractivity contribution in [1.82, 2.24) is 4.90 Å². The molecule has 4 atom stereocenters. The minimum Gasteiger partial charge on any atom is -0.444 e. The Hall–Kier alpha value is -1.28. The molecule has 3 unspecified atom stereocenters. The molecule has 2 aliphatic rings. The van der Waals surface area contributed by atoms with Gasteiger partial charge in [0.2, 0.25) is 0 Å². The fourth-order valence-electron chi connectivity index (χ4n) is 3.62. The molecule has 2 aliphatic heterocycles. The number of imide groups is 1. The third kappa shape index (κ3) is 3.65. The lowest BCUT2D eigenvalue weighted by molar-refractivity contribution is -0.793. The normalized spacial score (nSPS) is 32.6. The zero-order chi connectivity index (χ0) is 19.0. The van der Waals surface area contributed by atoms with Crippen LogP contribution in [0.15, 0.2) is 0 Å². The van der Waals surface area contributed by atoms with E-state index in [0.717, 1.165) is 12.8 Å². The summed E-state index contributed by atoms with van der Waals surface area (Å²) in [5, 5.41) is -0.181. The molecular formula is C17H29N2O5S+. The molecule has 8 heteroatoms. The highest BCUT2D eigenvalue weighted by atomic mass is 32.2. The van der Waals surface area contributed by atoms with Gasteiger partial charge in [0.1, 0.15) is 11.6 Å². The van der Waals surface area contributed by atoms with Gasteiger partial charge in [-0.3, -0.25) is 4.90 Å². The van der Waals surface area contributed by atoms with Crippen molar-refractivity contribution in [3.05, 3.63) is 0 Å². The van der Waals surface area contributed by atoms with Gasteiger partial charge in [0.25, 0.3) is 0 Å². The lowest BCUT2D eigenvalue weighted by Crippen LogP contribution is -2.65. The Morgan fingerprint density at radius 1 is 1.20 bits per heavy atom. The summed E-state index contributed by atoms with van der Waals surface area (Å²) in [4.78, 5) is 40.1. The number of quaternary nitrogens is 1. The van der Waals surface area contributed by atoms with Crippen LogP contribution in [0.25, 0.3) is 0 Å². The fourth-order valence-corrected chi connectivity index (χ4v) is 4.78. The first-order valence-corrected chi connectivity index (χ1v) is 9.73. The van der Waals surface area contributed by atoms with E-state index in [-0.39, 0.29) is 21.8 Å². The topological polar surface area (TPSA) is 72.9 Å². The van der Waals surface area contributed by atoms with Gasteiger partial charge in [0.15, 0.2) is 6.04 Å². The van der Waals surface area contributed by atoms with Gasteiger partial charge in [-0.15, -0.1) is 11.8 Å². The Labute approximate surface area is 153 Å². The van der Waals surface area contributed by atoms with Crippen molar-refractivity contribution >= 4 is 29.9 Å². The fraction of sp³-hybridized carbons (Fsp3) is 0.824. The van der Waals surface area contributed by atoms with E-state index in [1.807, 2.05) is 13.8 Å². The van der Waals surface area contributed by atoms with Crippen molar-refractivity contribution < 1.29 is 28.3 Å². The molecule has 0 bridgehead atoms. The number of hydrogen-bond acceptors (Lipinski definition) is 6. The van der Waals surface area contributed by atoms with Crippen molar-refractivity contribution in [1.29, 1.82) is 0 Å². The van der Waals surface area contributed by atoms with Crippen LogP contribution in [0, 0.1) is 0 Å². The first kappa shape index (κ1) is 20.0. The maximum atomic E-state index is 13.4. The molecule has 0 aromatic rings. The predicted octanol–water partition coefficient (Wildman–Crippen LogP) is 2.98. The van der Waals surface area contributed by atoms with Crippen LogP contribution in [-0.2, 0) is 14.3 Å². The highest BCUT2D eigenvalue weighted by molar-refractivity contribution is 8.00. The number of hydrogen-bond donors (Lipinski definition) is 0. The molecule has 7 nitrogen and oxygen atoms in total. The second-order valence-electron chi connectivity index (χ2n) is 7.73. The smallest absolute Gasteiger partial charge is 0.444 e. The Morgan fingerprint density at radius 3 is 2.32 bits per heavy atom. The molecule has 142 valence electrons. The number of carbonyl (C=O) groups excluding carboxylic acids is 3. The van der Waals surface area contributed by atoms with Gasteiger partial charge in [-0.05, 0) is 34.6 Å². The van der Waals surface area contributed by atoms with Crippen LogP contribution in [-0.4, -0.2) is 69.9 Å². The highest BCUT2D eigenvalue weighted by Gasteiger charge is 2.59. The minimum atomic E-state index is -0.686. The van der Waals surface area contributed by atoms with Gasteiger partial charge >= 0.3 is 18.1 Å². The number of methoxy groups -OCH3 is 1. The van der Waals surface area contributed by atoms with Crippen LogP contribution in [0.5, 0.6) is 0 Å². The first-order valence-electron chi connectivity index (χ1n) is 8.68. The summed E-state index contributed by atoms with van der Waals surface area (Å²) < 4.78 is 10.1. The van der Waals surface area contributed by atoms with Crippen LogP contribution in [0.4, 0.5) is 9.59 Å². The Morgan fingerprint density at radius 2 is 1.84 bits per heavy atom. The molecule has 25 heavy (non-hydrogen) atoms. The van der Waals surface area contributed by atoms with E-state index < -0.39 is 23.8 Å². The summed E-state index contributed by atoms with van der Waals surface area (Å²) in [6.45, 7) is 9.56. The van der Waals surface area contributed by atoms with Gasteiger partial charge in [-0.25, -0.2) is 9.59 Å². The van der Waals surface area contributed by atoms with Crippen LogP contribution in [0.3, 0.4) is 0 Å². The summed E-state index contributed by atoms with van der Waals surface area (Å²) in [6.07, 6.45) is 0.508. The molecule has 2 rings (SSSR count). The summed E-state index contributed by atoms with van der Waals surface area (Å²) in [5.74, 6) is 0.197. The molecule has 0 N–H and O–H groups in total. The Kier molecular flexibility index (Phi) is 5.73. The maximum absolute atomic E-state index is 13.4. The quantitative estimate of drug-likeness (QED) is 0.658. The van der Waals surface area contributed by atoms with Crippen LogP contribution >= 0.6 is 11.8 Å². The van der Waals surface area contributed by atoms with Crippen molar-refractivity contribution in [3.8, 4) is 0 Å². The number of ether oxygens (including phenoxy) is 2. The molecule has 2 heterocycles. The van der Waals surface area contributed by atoms with Gasteiger partial charge < -0.3 is 9.47 Å². The number of rotatable bonds is 1. The van der Waals surface area contributed by atoms with E-state index in [4.69, 9.17) is 9.47 Å². The minimum absolute atomic E-state index is 0.152. The third-order valence-electron chi connectivity index (χ3n) is 4.89. The summed E-state index contributed by atoms with van der Waals surface area (Å²) in [5.41, 5.74) is -0.646. The second kappa shape index (κ2) is 7.15. The number of carbonyl (C=O) groups is 3. The van der Waals surface area contributed by atoms with E-state index in [1.165, 1.54) is 23.8 Å². The van der Waals surface area contributed by atoms with E-state index >= 15 is 0 Å². The monoisotopic (exact) mass is 373 g/mol. The number of thioether (sulfide) groups is 1. The molecule has 0 spiro atoms. The van der Waals surface area contributed by atoms with E-state index in [9.17, 15) is 14.4 Å². The van der Waals surface area contributed by atoms with Gasteiger partial charge in [0, 0.05) is 18.6 Å². The molecule has 0 aromatic heterocycles. The molecule has 2 fully saturated rings. The summed E-state index contributed by atoms with van der Waals surface area (Å²) in [6, 6.07) is -0.837. The molecule has 0 saturated carbocycles. The van der Waals surface area contributed by atoms with Gasteiger partial charge in [-0.1, -0.05) is 0 Å². The van der Waals surface area contributed by atoms with Crippen LogP contribution in [0.1, 0.15) is 47.5 Å². The van der Waals surface area contributed by atoms with Crippen molar-refractivity contribution in [3.63, 3.8) is 0 Å². The number of amides is 3. The van der Waals surface area contributed by atoms with Crippen molar-refractivity contribution in [2.45, 2.75) is 70.5 Å². The standard InChI is InChI=1S/C17H29N2O5S/c1-11-8-7-9-19(11,16(22)23-6)14(20)13-10-25-12(2)18(13)15(21)24-17(3,4)5/h11-13H,7-10H2,1-6H3/q+1/t11-,12?,13?,19?/m1/s1. The Balaban J connectivity index is 2.32. The average molecular weight is 373 g/mol. The third-order valence-corrected chi connectivity index (χ3v) is 6.11. The predicted molar refractivity (Wildman–Crippen MR) is 95.0 cm³/mol. The highest BCUT2D eigenvalue weighted by Crippen LogP contribution is 2.36. The maximum Gasteiger partial charge on any atom is 0.523 e. The molecule has 2 saturated heterocycles. The molecular weight excluding hydrogens is 344 g/mol. The van der Waals surface area contributed by atoms with Crippen molar-refractivity contribution in [2.75, 3.05) is 19.4 Å².